The van der Waals surface area contributed by atoms with Crippen molar-refractivity contribution in [2.75, 3.05) is 13.2 Å². The Morgan fingerprint density at radius 1 is 0.970 bits per heavy atom. The monoisotopic (exact) mass is 439 g/mol. The van der Waals surface area contributed by atoms with Gasteiger partial charge in [0, 0.05) is 10.9 Å². The van der Waals surface area contributed by atoms with Gasteiger partial charge in [0.15, 0.2) is 5.75 Å². The van der Waals surface area contributed by atoms with Crippen LogP contribution in [0.3, 0.4) is 0 Å². The van der Waals surface area contributed by atoms with Crippen LogP contribution in [0.1, 0.15) is 41.7 Å². The lowest BCUT2D eigenvalue weighted by molar-refractivity contribution is 0.0933. The summed E-state index contributed by atoms with van der Waals surface area (Å²) in [7, 11) is 0. The first kappa shape index (κ1) is 22.5. The molecule has 1 amide bonds. The highest BCUT2D eigenvalue weighted by atomic mass is 16.5. The van der Waals surface area contributed by atoms with Crippen molar-refractivity contribution in [3.8, 4) is 17.0 Å². The average molecular weight is 440 g/mol. The van der Waals surface area contributed by atoms with Crippen LogP contribution in [0.25, 0.3) is 22.2 Å². The third kappa shape index (κ3) is 5.04. The molecule has 3 aromatic carbocycles. The van der Waals surface area contributed by atoms with Crippen LogP contribution in [0.4, 0.5) is 0 Å². The van der Waals surface area contributed by atoms with Gasteiger partial charge in [0.2, 0.25) is 0 Å². The van der Waals surface area contributed by atoms with Crippen LogP contribution in [0.15, 0.2) is 84.9 Å². The van der Waals surface area contributed by atoms with Crippen molar-refractivity contribution < 1.29 is 9.53 Å². The molecule has 5 heteroatoms. The van der Waals surface area contributed by atoms with Gasteiger partial charge in [-0.15, -0.1) is 0 Å². The topological polar surface area (TPSA) is 77.2 Å². The molecule has 1 atom stereocenters. The Balaban J connectivity index is 1.85. The molecular weight excluding hydrogens is 410 g/mol. The molecule has 1 heterocycles. The number of ether oxygens (including phenoxy) is 1. The van der Waals surface area contributed by atoms with Crippen LogP contribution < -0.4 is 15.8 Å². The zero-order valence-corrected chi connectivity index (χ0v) is 18.8. The minimum atomic E-state index is -0.177. The summed E-state index contributed by atoms with van der Waals surface area (Å²) in [5, 5.41) is 3.99. The lowest BCUT2D eigenvalue weighted by Crippen LogP contribution is -2.29. The van der Waals surface area contributed by atoms with Gasteiger partial charge in [-0.05, 0) is 31.0 Å². The Bertz CT molecular complexity index is 1210. The smallest absolute Gasteiger partial charge is 0.256 e. The normalized spacial score (nSPS) is 11.8. The minimum Gasteiger partial charge on any atom is -0.490 e. The lowest BCUT2D eigenvalue weighted by Gasteiger charge is -2.21. The number of nitrogens with zero attached hydrogens (tertiary/aromatic N) is 1. The number of nitrogens with one attached hydrogen (secondary N) is 1. The number of rotatable bonds is 9. The summed E-state index contributed by atoms with van der Waals surface area (Å²) in [6.45, 7) is 2.98. The first-order valence-electron chi connectivity index (χ1n) is 11.4. The van der Waals surface area contributed by atoms with E-state index in [9.17, 15) is 4.79 Å². The predicted molar refractivity (Wildman–Crippen MR) is 133 cm³/mol. The molecule has 0 aliphatic carbocycles. The van der Waals surface area contributed by atoms with Crippen LogP contribution >= 0.6 is 0 Å². The molecule has 33 heavy (non-hydrogen) atoms. The first-order valence-corrected chi connectivity index (χ1v) is 11.4. The third-order valence-corrected chi connectivity index (χ3v) is 5.63. The lowest BCUT2D eigenvalue weighted by atomic mass is 10.00. The van der Waals surface area contributed by atoms with Gasteiger partial charge in [-0.25, -0.2) is 4.98 Å². The number of hydrogen-bond donors (Lipinski definition) is 2. The van der Waals surface area contributed by atoms with Crippen LogP contribution in [0, 0.1) is 0 Å². The Morgan fingerprint density at radius 2 is 1.64 bits per heavy atom. The van der Waals surface area contributed by atoms with Gasteiger partial charge in [0.1, 0.15) is 5.69 Å². The van der Waals surface area contributed by atoms with Crippen LogP contribution in [0.5, 0.6) is 5.75 Å². The van der Waals surface area contributed by atoms with E-state index in [4.69, 9.17) is 15.5 Å². The number of benzene rings is 3. The highest BCUT2D eigenvalue weighted by molar-refractivity contribution is 6.10. The standard InChI is InChI=1S/C28H29N3O2/c1-2-23(20-12-5-3-6-13-20)31-28(32)25-22-16-9-10-17-24(22)30-26(21-14-7-4-8-15-21)27(25)33-19-11-18-29/h3-10,12-17,23H,2,11,18-19,29H2,1H3,(H,31,32)/t23-/m0/s1. The number of nitrogens with two attached hydrogens (primary N) is 1. The number of aromatic nitrogens is 1. The molecule has 1 aromatic heterocycles. The molecule has 0 aliphatic heterocycles. The zero-order chi connectivity index (χ0) is 23.0. The SMILES string of the molecule is CC[C@H](NC(=O)c1c(OCCCN)c(-c2ccccc2)nc2ccccc12)c1ccccc1. The maximum Gasteiger partial charge on any atom is 0.256 e. The second kappa shape index (κ2) is 10.7. The van der Waals surface area contributed by atoms with Gasteiger partial charge in [-0.1, -0.05) is 85.8 Å². The van der Waals surface area contributed by atoms with E-state index < -0.39 is 0 Å². The zero-order valence-electron chi connectivity index (χ0n) is 18.8. The van der Waals surface area contributed by atoms with Crippen molar-refractivity contribution in [3.63, 3.8) is 0 Å². The molecule has 168 valence electrons. The van der Waals surface area contributed by atoms with Crippen molar-refractivity contribution in [1.82, 2.24) is 10.3 Å². The van der Waals surface area contributed by atoms with Gasteiger partial charge in [0.05, 0.1) is 23.7 Å². The van der Waals surface area contributed by atoms with Gasteiger partial charge in [-0.2, -0.15) is 0 Å². The van der Waals surface area contributed by atoms with E-state index in [-0.39, 0.29) is 11.9 Å². The molecule has 0 radical (unpaired) electrons. The number of amides is 1. The molecule has 0 saturated carbocycles. The number of hydrogen-bond acceptors (Lipinski definition) is 4. The van der Waals surface area contributed by atoms with Gasteiger partial charge in [0.25, 0.3) is 5.91 Å². The molecule has 0 spiro atoms. The van der Waals surface area contributed by atoms with Gasteiger partial charge < -0.3 is 15.8 Å². The van der Waals surface area contributed by atoms with Crippen molar-refractivity contribution >= 4 is 16.8 Å². The molecule has 0 bridgehead atoms. The highest BCUT2D eigenvalue weighted by Gasteiger charge is 2.25. The molecular formula is C28H29N3O2. The molecule has 0 unspecified atom stereocenters. The van der Waals surface area contributed by atoms with Gasteiger partial charge in [-0.3, -0.25) is 4.79 Å². The van der Waals surface area contributed by atoms with E-state index in [1.54, 1.807) is 0 Å². The number of carbonyl (C=O) groups excluding carboxylic acids is 1. The average Bonchev–Trinajstić information content (AvgIpc) is 2.87. The van der Waals surface area contributed by atoms with Crippen LogP contribution in [0.2, 0.25) is 0 Å². The fourth-order valence-corrected chi connectivity index (χ4v) is 3.95. The summed E-state index contributed by atoms with van der Waals surface area (Å²) in [6, 6.07) is 27.4. The summed E-state index contributed by atoms with van der Waals surface area (Å²) in [5.74, 6) is 0.318. The summed E-state index contributed by atoms with van der Waals surface area (Å²) in [5.41, 5.74) is 9.58. The molecule has 4 rings (SSSR count). The number of fused-ring (bicyclic) bond motifs is 1. The first-order chi connectivity index (χ1) is 16.2. The van der Waals surface area contributed by atoms with E-state index >= 15 is 0 Å². The fraction of sp³-hybridized carbons (Fsp3) is 0.214. The Kier molecular flexibility index (Phi) is 7.33. The summed E-state index contributed by atoms with van der Waals surface area (Å²) in [4.78, 5) is 18.7. The maximum absolute atomic E-state index is 13.8. The van der Waals surface area contributed by atoms with Crippen molar-refractivity contribution in [1.29, 1.82) is 0 Å². The second-order valence-corrected chi connectivity index (χ2v) is 7.88. The minimum absolute atomic E-state index is 0.109. The van der Waals surface area contributed by atoms with Crippen molar-refractivity contribution in [2.45, 2.75) is 25.8 Å². The van der Waals surface area contributed by atoms with Crippen LogP contribution in [-0.2, 0) is 0 Å². The number of carbonyl (C=O) groups is 1. The van der Waals surface area contributed by atoms with E-state index in [1.807, 2.05) is 84.9 Å². The fourth-order valence-electron chi connectivity index (χ4n) is 3.95. The highest BCUT2D eigenvalue weighted by Crippen LogP contribution is 2.37. The molecule has 0 aliphatic rings. The van der Waals surface area contributed by atoms with Crippen molar-refractivity contribution in [2.24, 2.45) is 5.73 Å². The molecule has 0 fully saturated rings. The van der Waals surface area contributed by atoms with E-state index in [2.05, 4.69) is 12.2 Å². The molecule has 5 nitrogen and oxygen atoms in total. The van der Waals surface area contributed by atoms with E-state index in [1.165, 1.54) is 0 Å². The molecule has 0 saturated heterocycles. The number of pyridine rings is 1. The van der Waals surface area contributed by atoms with E-state index in [0.29, 0.717) is 36.6 Å². The van der Waals surface area contributed by atoms with Gasteiger partial charge >= 0.3 is 0 Å². The quantitative estimate of drug-likeness (QED) is 0.337. The Labute approximate surface area is 194 Å². The summed E-state index contributed by atoms with van der Waals surface area (Å²) in [6.07, 6.45) is 1.46. The van der Waals surface area contributed by atoms with E-state index in [0.717, 1.165) is 28.5 Å². The summed E-state index contributed by atoms with van der Waals surface area (Å²) >= 11 is 0. The largest absolute Gasteiger partial charge is 0.490 e. The van der Waals surface area contributed by atoms with Crippen molar-refractivity contribution in [3.05, 3.63) is 96.1 Å². The van der Waals surface area contributed by atoms with Crippen LogP contribution in [-0.4, -0.2) is 24.0 Å². The maximum atomic E-state index is 13.8. The third-order valence-electron chi connectivity index (χ3n) is 5.63. The second-order valence-electron chi connectivity index (χ2n) is 7.88. The predicted octanol–water partition coefficient (Wildman–Crippen LogP) is 5.51. The Hall–Kier alpha value is -3.70. The molecule has 4 aromatic rings. The summed E-state index contributed by atoms with van der Waals surface area (Å²) < 4.78 is 6.21. The number of para-hydroxylation sites is 1. The molecule has 3 N–H and O–H groups in total. The Morgan fingerprint density at radius 3 is 2.33 bits per heavy atom.